The maximum atomic E-state index is 11.5. The third-order valence-electron chi connectivity index (χ3n) is 4.83. The van der Waals surface area contributed by atoms with E-state index in [1.165, 1.54) is 11.6 Å². The number of nitrogens with two attached hydrogens (primary N) is 1. The molecule has 0 aromatic heterocycles. The number of para-hydroxylation sites is 1. The summed E-state index contributed by atoms with van der Waals surface area (Å²) in [7, 11) is 1.71. The van der Waals surface area contributed by atoms with Gasteiger partial charge in [-0.3, -0.25) is 14.9 Å². The number of primary amides is 1. The highest BCUT2D eigenvalue weighted by Crippen LogP contribution is 2.27. The summed E-state index contributed by atoms with van der Waals surface area (Å²) in [6.45, 7) is 3.16. The van der Waals surface area contributed by atoms with Crippen LogP contribution in [0.25, 0.3) is 0 Å². The Morgan fingerprint density at radius 2 is 1.96 bits per heavy atom. The molecule has 1 atom stereocenters. The molecule has 1 amide bonds. The monoisotopic (exact) mass is 385 g/mol. The summed E-state index contributed by atoms with van der Waals surface area (Å²) in [5.74, 6) is -0.325. The lowest BCUT2D eigenvalue weighted by Crippen LogP contribution is -2.15. The number of nitro benzene ring substituents is 1. The molecular weight excluding hydrogens is 358 g/mol. The van der Waals surface area contributed by atoms with E-state index in [1.54, 1.807) is 19.2 Å². The molecule has 0 aliphatic heterocycles. The Morgan fingerprint density at radius 1 is 1.25 bits per heavy atom. The van der Waals surface area contributed by atoms with Gasteiger partial charge in [-0.05, 0) is 48.9 Å². The largest absolute Gasteiger partial charge is 0.385 e. The molecule has 0 unspecified atom stereocenters. The molecule has 2 aromatic rings. The highest BCUT2D eigenvalue weighted by atomic mass is 16.6. The first-order valence-corrected chi connectivity index (χ1v) is 9.36. The molecule has 150 valence electrons. The number of benzene rings is 2. The van der Waals surface area contributed by atoms with Gasteiger partial charge in [-0.2, -0.15) is 0 Å². The van der Waals surface area contributed by atoms with E-state index in [4.69, 9.17) is 10.5 Å². The zero-order valence-electron chi connectivity index (χ0n) is 16.3. The minimum absolute atomic E-state index is 0.0819. The van der Waals surface area contributed by atoms with E-state index in [9.17, 15) is 14.9 Å². The van der Waals surface area contributed by atoms with Gasteiger partial charge in [0.05, 0.1) is 4.92 Å². The van der Waals surface area contributed by atoms with E-state index >= 15 is 0 Å². The summed E-state index contributed by atoms with van der Waals surface area (Å²) in [5, 5.41) is 14.6. The lowest BCUT2D eigenvalue weighted by atomic mass is 9.92. The molecule has 28 heavy (non-hydrogen) atoms. The highest BCUT2D eigenvalue weighted by molar-refractivity contribution is 5.97. The quantitative estimate of drug-likeness (QED) is 0.342. The summed E-state index contributed by atoms with van der Waals surface area (Å²) in [5.41, 5.74) is 7.47. The molecule has 0 radical (unpaired) electrons. The lowest BCUT2D eigenvalue weighted by molar-refractivity contribution is -0.385. The number of hydrogen-bond donors (Lipinski definition) is 2. The van der Waals surface area contributed by atoms with Gasteiger partial charge >= 0.3 is 0 Å². The van der Waals surface area contributed by atoms with Gasteiger partial charge in [0.25, 0.3) is 11.6 Å². The van der Waals surface area contributed by atoms with E-state index in [-0.39, 0.29) is 17.8 Å². The van der Waals surface area contributed by atoms with E-state index < -0.39 is 10.8 Å². The van der Waals surface area contributed by atoms with Gasteiger partial charge in [0, 0.05) is 31.5 Å². The number of anilines is 1. The van der Waals surface area contributed by atoms with Crippen LogP contribution in [0.15, 0.2) is 42.5 Å². The van der Waals surface area contributed by atoms with Gasteiger partial charge < -0.3 is 15.8 Å². The van der Waals surface area contributed by atoms with Crippen molar-refractivity contribution in [1.29, 1.82) is 0 Å². The van der Waals surface area contributed by atoms with Crippen LogP contribution in [-0.4, -0.2) is 24.5 Å². The third-order valence-corrected chi connectivity index (χ3v) is 4.83. The maximum absolute atomic E-state index is 11.5. The molecule has 2 aromatic carbocycles. The summed E-state index contributed by atoms with van der Waals surface area (Å²) in [6, 6.07) is 12.7. The standard InChI is InChI=1S/C21H27N3O4/c1-3-15(7-5-13-28-2)16-9-11-18(12-10-16)23-14-17-6-4-8-19(21(22)25)20(17)24(26)27/h4,6,8-12,15,23H,3,5,7,13-14H2,1-2H3,(H2,22,25)/t15-/m0/s1. The number of rotatable bonds is 11. The van der Waals surface area contributed by atoms with Crippen molar-refractivity contribution in [2.75, 3.05) is 19.0 Å². The molecule has 3 N–H and O–H groups in total. The minimum Gasteiger partial charge on any atom is -0.385 e. The minimum atomic E-state index is -0.808. The van der Waals surface area contributed by atoms with Crippen molar-refractivity contribution in [2.45, 2.75) is 38.6 Å². The normalized spacial score (nSPS) is 11.8. The molecule has 0 saturated carbocycles. The van der Waals surface area contributed by atoms with Crippen molar-refractivity contribution in [2.24, 2.45) is 5.73 Å². The van der Waals surface area contributed by atoms with E-state index in [0.717, 1.165) is 31.6 Å². The van der Waals surface area contributed by atoms with Gasteiger partial charge in [0.2, 0.25) is 0 Å². The molecule has 0 aliphatic carbocycles. The van der Waals surface area contributed by atoms with Crippen molar-refractivity contribution in [1.82, 2.24) is 0 Å². The zero-order chi connectivity index (χ0) is 20.5. The summed E-state index contributed by atoms with van der Waals surface area (Å²) in [4.78, 5) is 22.3. The second-order valence-corrected chi connectivity index (χ2v) is 6.65. The number of carbonyl (C=O) groups is 1. The average molecular weight is 385 g/mol. The number of nitro groups is 1. The number of amides is 1. The number of ether oxygens (including phenoxy) is 1. The molecule has 0 aliphatic rings. The molecule has 0 saturated heterocycles. The van der Waals surface area contributed by atoms with Crippen molar-refractivity contribution >= 4 is 17.3 Å². The first kappa shape index (κ1) is 21.4. The highest BCUT2D eigenvalue weighted by Gasteiger charge is 2.22. The molecule has 0 fully saturated rings. The van der Waals surface area contributed by atoms with Gasteiger partial charge in [0.1, 0.15) is 5.56 Å². The number of carbonyl (C=O) groups excluding carboxylic acids is 1. The number of nitrogens with zero attached hydrogens (tertiary/aromatic N) is 1. The predicted molar refractivity (Wildman–Crippen MR) is 110 cm³/mol. The summed E-state index contributed by atoms with van der Waals surface area (Å²) in [6.07, 6.45) is 3.15. The Bertz CT molecular complexity index is 806. The summed E-state index contributed by atoms with van der Waals surface area (Å²) >= 11 is 0. The lowest BCUT2D eigenvalue weighted by Gasteiger charge is -2.16. The number of methoxy groups -OCH3 is 1. The van der Waals surface area contributed by atoms with Crippen LogP contribution in [0.5, 0.6) is 0 Å². The van der Waals surface area contributed by atoms with Gasteiger partial charge in [-0.25, -0.2) is 0 Å². The van der Waals surface area contributed by atoms with Crippen molar-refractivity contribution in [3.8, 4) is 0 Å². The number of nitrogens with one attached hydrogen (secondary N) is 1. The van der Waals surface area contributed by atoms with Crippen molar-refractivity contribution < 1.29 is 14.5 Å². The molecule has 2 rings (SSSR count). The molecule has 7 nitrogen and oxygen atoms in total. The fourth-order valence-corrected chi connectivity index (χ4v) is 3.30. The van der Waals surface area contributed by atoms with E-state index in [2.05, 4.69) is 24.4 Å². The fraction of sp³-hybridized carbons (Fsp3) is 0.381. The Hall–Kier alpha value is -2.93. The molecule has 0 spiro atoms. The van der Waals surface area contributed by atoms with Gasteiger partial charge in [-0.1, -0.05) is 31.2 Å². The van der Waals surface area contributed by atoms with Crippen LogP contribution in [0.4, 0.5) is 11.4 Å². The first-order valence-electron chi connectivity index (χ1n) is 9.36. The molecule has 7 heteroatoms. The van der Waals surface area contributed by atoms with Crippen molar-refractivity contribution in [3.05, 3.63) is 69.3 Å². The van der Waals surface area contributed by atoms with Crippen LogP contribution in [0.1, 0.15) is 53.6 Å². The smallest absolute Gasteiger partial charge is 0.287 e. The summed E-state index contributed by atoms with van der Waals surface area (Å²) < 4.78 is 5.13. The van der Waals surface area contributed by atoms with Crippen LogP contribution in [0, 0.1) is 10.1 Å². The number of hydrogen-bond acceptors (Lipinski definition) is 5. The van der Waals surface area contributed by atoms with Crippen LogP contribution >= 0.6 is 0 Å². The van der Waals surface area contributed by atoms with E-state index in [0.29, 0.717) is 11.5 Å². The van der Waals surface area contributed by atoms with Gasteiger partial charge in [-0.15, -0.1) is 0 Å². The fourth-order valence-electron chi connectivity index (χ4n) is 3.30. The van der Waals surface area contributed by atoms with Crippen LogP contribution in [-0.2, 0) is 11.3 Å². The van der Waals surface area contributed by atoms with Crippen LogP contribution in [0.2, 0.25) is 0 Å². The van der Waals surface area contributed by atoms with Gasteiger partial charge in [0.15, 0.2) is 0 Å². The van der Waals surface area contributed by atoms with E-state index in [1.807, 2.05) is 12.1 Å². The third kappa shape index (κ3) is 5.53. The maximum Gasteiger partial charge on any atom is 0.287 e. The topological polar surface area (TPSA) is 107 Å². The Kier molecular flexibility index (Phi) is 7.95. The Balaban J connectivity index is 2.08. The Morgan fingerprint density at radius 3 is 2.54 bits per heavy atom. The van der Waals surface area contributed by atoms with Crippen LogP contribution < -0.4 is 11.1 Å². The second kappa shape index (κ2) is 10.4. The Labute approximate surface area is 165 Å². The van der Waals surface area contributed by atoms with Crippen molar-refractivity contribution in [3.63, 3.8) is 0 Å². The predicted octanol–water partition coefficient (Wildman–Crippen LogP) is 4.23. The second-order valence-electron chi connectivity index (χ2n) is 6.65. The zero-order valence-corrected chi connectivity index (χ0v) is 16.3. The average Bonchev–Trinajstić information content (AvgIpc) is 2.69. The first-order chi connectivity index (χ1) is 13.5. The van der Waals surface area contributed by atoms with Crippen LogP contribution in [0.3, 0.4) is 0 Å². The molecule has 0 heterocycles. The SMILES string of the molecule is CC[C@@H](CCCOC)c1ccc(NCc2cccc(C(N)=O)c2[N+](=O)[O-])cc1. The molecular formula is C21H27N3O4. The molecule has 0 bridgehead atoms.